The van der Waals surface area contributed by atoms with Gasteiger partial charge < -0.3 is 19.5 Å². The molecule has 9 heteroatoms. The van der Waals surface area contributed by atoms with Crippen molar-refractivity contribution in [1.29, 1.82) is 0 Å². The number of hydrogen-bond donors (Lipinski definition) is 1. The van der Waals surface area contributed by atoms with Gasteiger partial charge in [0.05, 0.1) is 30.7 Å². The number of nitrogens with one attached hydrogen (secondary N) is 1. The Hall–Kier alpha value is -2.91. The molecule has 1 N–H and O–H groups in total. The van der Waals surface area contributed by atoms with Crippen LogP contribution in [0.15, 0.2) is 41.1 Å². The Morgan fingerprint density at radius 2 is 2.03 bits per heavy atom. The van der Waals surface area contributed by atoms with E-state index in [2.05, 4.69) is 10.3 Å². The van der Waals surface area contributed by atoms with Gasteiger partial charge in [0.1, 0.15) is 11.6 Å². The van der Waals surface area contributed by atoms with E-state index in [1.165, 1.54) is 22.7 Å². The SMILES string of the molecule is CCOc1ccc(-c2nc(COC(=O)CCNC(=O)c3cccs3)cs2)cc1OC. The van der Waals surface area contributed by atoms with Gasteiger partial charge in [-0.15, -0.1) is 22.7 Å². The largest absolute Gasteiger partial charge is 0.493 e. The maximum atomic E-state index is 11.9. The van der Waals surface area contributed by atoms with Crippen LogP contribution in [0.2, 0.25) is 0 Å². The second kappa shape index (κ2) is 10.7. The van der Waals surface area contributed by atoms with Gasteiger partial charge in [-0.3, -0.25) is 9.59 Å². The van der Waals surface area contributed by atoms with Crippen molar-refractivity contribution in [3.63, 3.8) is 0 Å². The molecule has 7 nitrogen and oxygen atoms in total. The molecule has 2 aromatic heterocycles. The molecule has 0 aliphatic carbocycles. The second-order valence-corrected chi connectivity index (χ2v) is 7.89. The van der Waals surface area contributed by atoms with E-state index in [1.807, 2.05) is 35.9 Å². The summed E-state index contributed by atoms with van der Waals surface area (Å²) >= 11 is 2.81. The van der Waals surface area contributed by atoms with E-state index >= 15 is 0 Å². The van der Waals surface area contributed by atoms with Crippen molar-refractivity contribution in [3.05, 3.63) is 51.7 Å². The van der Waals surface area contributed by atoms with Gasteiger partial charge in [-0.25, -0.2) is 4.98 Å². The first kappa shape index (κ1) is 21.8. The number of methoxy groups -OCH3 is 1. The molecule has 0 saturated carbocycles. The van der Waals surface area contributed by atoms with Gasteiger partial charge in [-0.2, -0.15) is 0 Å². The van der Waals surface area contributed by atoms with Crippen LogP contribution in [-0.4, -0.2) is 37.1 Å². The lowest BCUT2D eigenvalue weighted by molar-refractivity contribution is -0.144. The van der Waals surface area contributed by atoms with E-state index < -0.39 is 5.97 Å². The number of thiophene rings is 1. The Morgan fingerprint density at radius 3 is 2.77 bits per heavy atom. The van der Waals surface area contributed by atoms with Gasteiger partial charge in [-0.1, -0.05) is 6.07 Å². The molecular weight excluding hydrogens is 424 g/mol. The monoisotopic (exact) mass is 446 g/mol. The summed E-state index contributed by atoms with van der Waals surface area (Å²) in [5, 5.41) is 7.18. The maximum Gasteiger partial charge on any atom is 0.307 e. The summed E-state index contributed by atoms with van der Waals surface area (Å²) < 4.78 is 16.2. The molecule has 2 heterocycles. The first-order valence-electron chi connectivity index (χ1n) is 9.33. The highest BCUT2D eigenvalue weighted by molar-refractivity contribution is 7.13. The number of amides is 1. The number of aromatic nitrogens is 1. The molecular formula is C21H22N2O5S2. The second-order valence-electron chi connectivity index (χ2n) is 6.09. The first-order valence-corrected chi connectivity index (χ1v) is 11.1. The summed E-state index contributed by atoms with van der Waals surface area (Å²) in [6.45, 7) is 2.78. The summed E-state index contributed by atoms with van der Waals surface area (Å²) in [7, 11) is 1.59. The van der Waals surface area contributed by atoms with Crippen molar-refractivity contribution < 1.29 is 23.8 Å². The predicted molar refractivity (Wildman–Crippen MR) is 116 cm³/mol. The number of rotatable bonds is 10. The van der Waals surface area contributed by atoms with E-state index in [-0.39, 0.29) is 25.5 Å². The predicted octanol–water partition coefficient (Wildman–Crippen LogP) is 4.14. The molecule has 0 bridgehead atoms. The zero-order chi connectivity index (χ0) is 21.3. The highest BCUT2D eigenvalue weighted by Crippen LogP contribution is 2.33. The van der Waals surface area contributed by atoms with Crippen LogP contribution in [0.3, 0.4) is 0 Å². The molecule has 1 aromatic carbocycles. The Morgan fingerprint density at radius 1 is 1.17 bits per heavy atom. The van der Waals surface area contributed by atoms with E-state index in [0.717, 1.165) is 10.6 Å². The third kappa shape index (κ3) is 5.80. The molecule has 0 aliphatic rings. The van der Waals surface area contributed by atoms with Crippen LogP contribution in [0.1, 0.15) is 28.7 Å². The van der Waals surface area contributed by atoms with Crippen LogP contribution in [0.4, 0.5) is 0 Å². The van der Waals surface area contributed by atoms with Crippen LogP contribution in [-0.2, 0) is 16.1 Å². The zero-order valence-corrected chi connectivity index (χ0v) is 18.3. The molecule has 0 aliphatic heterocycles. The number of carbonyl (C=O) groups is 2. The van der Waals surface area contributed by atoms with E-state index in [4.69, 9.17) is 14.2 Å². The van der Waals surface area contributed by atoms with Crippen molar-refractivity contribution in [1.82, 2.24) is 10.3 Å². The Kier molecular flexibility index (Phi) is 7.81. The lowest BCUT2D eigenvalue weighted by Gasteiger charge is -2.09. The fraction of sp³-hybridized carbons (Fsp3) is 0.286. The van der Waals surface area contributed by atoms with Crippen LogP contribution in [0, 0.1) is 0 Å². The molecule has 0 spiro atoms. The molecule has 0 atom stereocenters. The Bertz CT molecular complexity index is 985. The number of nitrogens with zero attached hydrogens (tertiary/aromatic N) is 1. The standard InChI is InChI=1S/C21H22N2O5S2/c1-3-27-16-7-6-14(11-17(16)26-2)21-23-15(13-30-21)12-28-19(24)8-9-22-20(25)18-5-4-10-29-18/h4-7,10-11,13H,3,8-9,12H2,1-2H3,(H,22,25). The average Bonchev–Trinajstić information content (AvgIpc) is 3.45. The van der Waals surface area contributed by atoms with Gasteiger partial charge in [0.25, 0.3) is 5.91 Å². The van der Waals surface area contributed by atoms with Crippen molar-refractivity contribution >= 4 is 34.6 Å². The third-order valence-corrected chi connectivity index (χ3v) is 5.81. The molecule has 158 valence electrons. The summed E-state index contributed by atoms with van der Waals surface area (Å²) in [5.74, 6) is 0.745. The molecule has 0 saturated heterocycles. The van der Waals surface area contributed by atoms with E-state index in [9.17, 15) is 9.59 Å². The summed E-state index contributed by atoms with van der Waals surface area (Å²) in [5.41, 5.74) is 1.56. The third-order valence-electron chi connectivity index (χ3n) is 4.00. The van der Waals surface area contributed by atoms with Gasteiger partial charge >= 0.3 is 5.97 Å². The van der Waals surface area contributed by atoms with E-state index in [0.29, 0.717) is 28.7 Å². The lowest BCUT2D eigenvalue weighted by atomic mass is 10.2. The number of esters is 1. The fourth-order valence-corrected chi connectivity index (χ4v) is 4.02. The quantitative estimate of drug-likeness (QED) is 0.471. The Labute approximate surface area is 182 Å². The Balaban J connectivity index is 1.48. The smallest absolute Gasteiger partial charge is 0.307 e. The minimum absolute atomic E-state index is 0.0857. The van der Waals surface area contributed by atoms with Crippen LogP contribution < -0.4 is 14.8 Å². The molecule has 1 amide bonds. The molecule has 30 heavy (non-hydrogen) atoms. The highest BCUT2D eigenvalue weighted by Gasteiger charge is 2.12. The van der Waals surface area contributed by atoms with Crippen LogP contribution >= 0.6 is 22.7 Å². The van der Waals surface area contributed by atoms with Crippen LogP contribution in [0.25, 0.3) is 10.6 Å². The lowest BCUT2D eigenvalue weighted by Crippen LogP contribution is -2.25. The van der Waals surface area contributed by atoms with Crippen molar-refractivity contribution in [2.45, 2.75) is 20.0 Å². The molecule has 3 rings (SSSR count). The number of ether oxygens (including phenoxy) is 3. The summed E-state index contributed by atoms with van der Waals surface area (Å²) in [4.78, 5) is 28.9. The number of thiazole rings is 1. The summed E-state index contributed by atoms with van der Waals surface area (Å²) in [6.07, 6.45) is 0.101. The molecule has 0 radical (unpaired) electrons. The highest BCUT2D eigenvalue weighted by atomic mass is 32.1. The minimum Gasteiger partial charge on any atom is -0.493 e. The summed E-state index contributed by atoms with van der Waals surface area (Å²) in [6, 6.07) is 9.18. The maximum absolute atomic E-state index is 11.9. The number of benzene rings is 1. The zero-order valence-electron chi connectivity index (χ0n) is 16.7. The molecule has 3 aromatic rings. The van der Waals surface area contributed by atoms with Gasteiger partial charge in [-0.05, 0) is 36.6 Å². The van der Waals surface area contributed by atoms with E-state index in [1.54, 1.807) is 19.2 Å². The fourth-order valence-electron chi connectivity index (χ4n) is 2.58. The minimum atomic E-state index is -0.390. The van der Waals surface area contributed by atoms with Gasteiger partial charge in [0.15, 0.2) is 11.5 Å². The van der Waals surface area contributed by atoms with Crippen LogP contribution in [0.5, 0.6) is 11.5 Å². The van der Waals surface area contributed by atoms with Crippen molar-refractivity contribution in [2.24, 2.45) is 0 Å². The molecule has 0 unspecified atom stereocenters. The normalized spacial score (nSPS) is 10.5. The first-order chi connectivity index (χ1) is 14.6. The number of carbonyl (C=O) groups excluding carboxylic acids is 2. The van der Waals surface area contributed by atoms with Gasteiger partial charge in [0.2, 0.25) is 0 Å². The van der Waals surface area contributed by atoms with Gasteiger partial charge in [0, 0.05) is 17.5 Å². The average molecular weight is 447 g/mol. The number of hydrogen-bond acceptors (Lipinski definition) is 8. The van der Waals surface area contributed by atoms with Crippen molar-refractivity contribution in [3.8, 4) is 22.1 Å². The van der Waals surface area contributed by atoms with Crippen molar-refractivity contribution in [2.75, 3.05) is 20.3 Å². The topological polar surface area (TPSA) is 86.8 Å². The molecule has 0 fully saturated rings.